The van der Waals surface area contributed by atoms with Gasteiger partial charge in [-0.25, -0.2) is 9.18 Å². The summed E-state index contributed by atoms with van der Waals surface area (Å²) in [6.45, 7) is 1.83. The van der Waals surface area contributed by atoms with Crippen molar-refractivity contribution in [1.82, 2.24) is 4.57 Å². The second-order valence-corrected chi connectivity index (χ2v) is 3.36. The van der Waals surface area contributed by atoms with Crippen LogP contribution in [0.15, 0.2) is 23.2 Å². The van der Waals surface area contributed by atoms with Gasteiger partial charge in [-0.3, -0.25) is 0 Å². The lowest BCUT2D eigenvalue weighted by Gasteiger charge is -1.96. The Balaban J connectivity index is 2.94. The molecule has 0 saturated carbocycles. The van der Waals surface area contributed by atoms with Crippen molar-refractivity contribution in [2.24, 2.45) is 12.0 Å². The van der Waals surface area contributed by atoms with E-state index < -0.39 is 0 Å². The maximum atomic E-state index is 13.0. The summed E-state index contributed by atoms with van der Waals surface area (Å²) in [5.41, 5.74) is 2.16. The molecule has 0 atom stereocenters. The van der Waals surface area contributed by atoms with E-state index >= 15 is 0 Å². The summed E-state index contributed by atoms with van der Waals surface area (Å²) < 4.78 is 14.9. The molecule has 2 aromatic rings. The lowest BCUT2D eigenvalue weighted by molar-refractivity contribution is 0.565. The molecule has 15 heavy (non-hydrogen) atoms. The highest BCUT2D eigenvalue weighted by Gasteiger charge is 2.11. The van der Waals surface area contributed by atoms with Crippen LogP contribution >= 0.6 is 0 Å². The Labute approximate surface area is 85.8 Å². The first-order valence-electron chi connectivity index (χ1n) is 4.47. The van der Waals surface area contributed by atoms with Crippen LogP contribution in [0.2, 0.25) is 0 Å². The van der Waals surface area contributed by atoms with Crippen LogP contribution in [0, 0.1) is 12.7 Å². The van der Waals surface area contributed by atoms with Gasteiger partial charge in [-0.05, 0) is 25.1 Å². The second kappa shape index (κ2) is 3.33. The zero-order valence-corrected chi connectivity index (χ0v) is 8.41. The molecule has 0 fully saturated rings. The van der Waals surface area contributed by atoms with Crippen molar-refractivity contribution in [2.75, 3.05) is 0 Å². The number of aryl methyl sites for hydroxylation is 1. The molecule has 0 saturated heterocycles. The molecule has 2 rings (SSSR count). The molecule has 0 unspecified atom stereocenters. The molecular formula is C11H9FN2O. The van der Waals surface area contributed by atoms with Gasteiger partial charge in [-0.2, -0.15) is 4.99 Å². The third-order valence-electron chi connectivity index (χ3n) is 2.58. The number of aromatic nitrogens is 1. The van der Waals surface area contributed by atoms with Crippen LogP contribution in [-0.2, 0) is 11.8 Å². The molecule has 1 aromatic carbocycles. The van der Waals surface area contributed by atoms with Crippen molar-refractivity contribution < 1.29 is 9.18 Å². The summed E-state index contributed by atoms with van der Waals surface area (Å²) >= 11 is 0. The van der Waals surface area contributed by atoms with E-state index in [-0.39, 0.29) is 5.82 Å². The smallest absolute Gasteiger partial charge is 0.240 e. The van der Waals surface area contributed by atoms with E-state index in [1.54, 1.807) is 6.07 Å². The average molecular weight is 204 g/mol. The number of nitrogens with zero attached hydrogens (tertiary/aromatic N) is 2. The third kappa shape index (κ3) is 1.35. The number of halogens is 1. The molecular weight excluding hydrogens is 195 g/mol. The number of hydrogen-bond donors (Lipinski definition) is 0. The molecule has 0 amide bonds. The van der Waals surface area contributed by atoms with Crippen molar-refractivity contribution in [3.63, 3.8) is 0 Å². The van der Waals surface area contributed by atoms with E-state index in [4.69, 9.17) is 0 Å². The maximum Gasteiger partial charge on any atom is 0.240 e. The second-order valence-electron chi connectivity index (χ2n) is 3.36. The fourth-order valence-electron chi connectivity index (χ4n) is 1.71. The summed E-state index contributed by atoms with van der Waals surface area (Å²) in [7, 11) is 1.85. The minimum Gasteiger partial charge on any atom is -0.346 e. The van der Waals surface area contributed by atoms with Gasteiger partial charge in [0.15, 0.2) is 0 Å². The van der Waals surface area contributed by atoms with Crippen molar-refractivity contribution in [3.05, 3.63) is 29.7 Å². The molecule has 0 aliphatic heterocycles. The Morgan fingerprint density at radius 1 is 1.47 bits per heavy atom. The summed E-state index contributed by atoms with van der Waals surface area (Å²) in [4.78, 5) is 13.9. The van der Waals surface area contributed by atoms with Crippen molar-refractivity contribution >= 4 is 22.7 Å². The lowest BCUT2D eigenvalue weighted by Crippen LogP contribution is -1.89. The summed E-state index contributed by atoms with van der Waals surface area (Å²) in [6, 6.07) is 4.43. The third-order valence-corrected chi connectivity index (χ3v) is 2.58. The highest BCUT2D eigenvalue weighted by atomic mass is 19.1. The number of fused-ring (bicyclic) bond motifs is 1. The van der Waals surface area contributed by atoms with E-state index in [1.165, 1.54) is 18.2 Å². The quantitative estimate of drug-likeness (QED) is 0.519. The van der Waals surface area contributed by atoms with Gasteiger partial charge in [0, 0.05) is 18.1 Å². The molecule has 76 valence electrons. The van der Waals surface area contributed by atoms with Crippen molar-refractivity contribution in [1.29, 1.82) is 0 Å². The van der Waals surface area contributed by atoms with E-state index in [0.29, 0.717) is 11.1 Å². The van der Waals surface area contributed by atoms with Gasteiger partial charge in [0.05, 0.1) is 5.52 Å². The molecule has 0 aliphatic rings. The number of rotatable bonds is 1. The number of hydrogen-bond acceptors (Lipinski definition) is 2. The lowest BCUT2D eigenvalue weighted by atomic mass is 10.2. The molecule has 4 heteroatoms. The van der Waals surface area contributed by atoms with Gasteiger partial charge >= 0.3 is 0 Å². The van der Waals surface area contributed by atoms with Gasteiger partial charge in [0.2, 0.25) is 6.08 Å². The largest absolute Gasteiger partial charge is 0.346 e. The zero-order valence-electron chi connectivity index (χ0n) is 8.41. The average Bonchev–Trinajstić information content (AvgIpc) is 2.44. The number of aliphatic imine (C=N–C) groups is 1. The van der Waals surface area contributed by atoms with Gasteiger partial charge in [0.1, 0.15) is 11.5 Å². The van der Waals surface area contributed by atoms with E-state index in [9.17, 15) is 9.18 Å². The first-order valence-corrected chi connectivity index (χ1v) is 4.47. The van der Waals surface area contributed by atoms with Gasteiger partial charge in [-0.15, -0.1) is 0 Å². The van der Waals surface area contributed by atoms with Crippen LogP contribution < -0.4 is 0 Å². The number of isocyanates is 1. The molecule has 3 nitrogen and oxygen atoms in total. The minimum atomic E-state index is -0.338. The topological polar surface area (TPSA) is 34.4 Å². The summed E-state index contributed by atoms with van der Waals surface area (Å²) in [5.74, 6) is -0.338. The van der Waals surface area contributed by atoms with Gasteiger partial charge in [0.25, 0.3) is 0 Å². The Morgan fingerprint density at radius 2 is 2.20 bits per heavy atom. The highest BCUT2D eigenvalue weighted by molar-refractivity contribution is 5.94. The van der Waals surface area contributed by atoms with Crippen LogP contribution in [0.4, 0.5) is 10.1 Å². The fourth-order valence-corrected chi connectivity index (χ4v) is 1.71. The molecule has 0 aliphatic carbocycles. The maximum absolute atomic E-state index is 13.0. The molecule has 1 heterocycles. The van der Waals surface area contributed by atoms with Crippen molar-refractivity contribution in [2.45, 2.75) is 6.92 Å². The molecule has 1 aromatic heterocycles. The Morgan fingerprint density at radius 3 is 2.87 bits per heavy atom. The van der Waals surface area contributed by atoms with Crippen molar-refractivity contribution in [3.8, 4) is 0 Å². The SMILES string of the molecule is Cc1c(N=C=O)c2cc(F)ccc2n1C. The Bertz CT molecular complexity index is 580. The predicted octanol–water partition coefficient (Wildman–Crippen LogP) is 2.59. The van der Waals surface area contributed by atoms with Crippen LogP contribution in [0.1, 0.15) is 5.69 Å². The monoisotopic (exact) mass is 204 g/mol. The minimum absolute atomic E-state index is 0.338. The Kier molecular flexibility index (Phi) is 2.14. The molecule has 0 spiro atoms. The fraction of sp³-hybridized carbons (Fsp3) is 0.182. The molecule has 0 bridgehead atoms. The van der Waals surface area contributed by atoms with E-state index in [2.05, 4.69) is 4.99 Å². The van der Waals surface area contributed by atoms with Crippen LogP contribution in [-0.4, -0.2) is 10.6 Å². The van der Waals surface area contributed by atoms with Gasteiger partial charge in [-0.1, -0.05) is 0 Å². The zero-order chi connectivity index (χ0) is 11.0. The van der Waals surface area contributed by atoms with Crippen LogP contribution in [0.25, 0.3) is 10.9 Å². The van der Waals surface area contributed by atoms with E-state index in [0.717, 1.165) is 11.2 Å². The standard InChI is InChI=1S/C11H9FN2O/c1-7-11(13-6-15)9-5-8(12)3-4-10(9)14(7)2/h3-5H,1-2H3. The number of benzene rings is 1. The van der Waals surface area contributed by atoms with E-state index in [1.807, 2.05) is 18.5 Å². The summed E-state index contributed by atoms with van der Waals surface area (Å²) in [6.07, 6.45) is 1.49. The first-order chi connectivity index (χ1) is 7.15. The van der Waals surface area contributed by atoms with Gasteiger partial charge < -0.3 is 4.57 Å². The number of carbonyl (C=O) groups excluding carboxylic acids is 1. The normalized spacial score (nSPS) is 10.3. The first kappa shape index (κ1) is 9.62. The van der Waals surface area contributed by atoms with Crippen LogP contribution in [0.5, 0.6) is 0 Å². The molecule has 0 N–H and O–H groups in total. The molecule has 0 radical (unpaired) electrons. The Hall–Kier alpha value is -1.93. The summed E-state index contributed by atoms with van der Waals surface area (Å²) in [5, 5.41) is 0.637. The highest BCUT2D eigenvalue weighted by Crippen LogP contribution is 2.32. The predicted molar refractivity (Wildman–Crippen MR) is 55.4 cm³/mol. The van der Waals surface area contributed by atoms with Crippen LogP contribution in [0.3, 0.4) is 0 Å².